The van der Waals surface area contributed by atoms with Crippen molar-refractivity contribution in [2.45, 2.75) is 6.61 Å². The van der Waals surface area contributed by atoms with Crippen LogP contribution in [0.3, 0.4) is 0 Å². The third kappa shape index (κ3) is 5.25. The SMILES string of the molecule is COc1ccc(N2C(=O)/C(=C\c3cc(Br)c(OCc4ccccc4)c(OC)c3)SC2=S)cc1Cl. The van der Waals surface area contributed by atoms with Crippen LogP contribution in [0.15, 0.2) is 70.0 Å². The number of methoxy groups -OCH3 is 2. The number of amides is 1. The summed E-state index contributed by atoms with van der Waals surface area (Å²) < 4.78 is 17.9. The Morgan fingerprint density at radius 1 is 1.06 bits per heavy atom. The molecule has 1 heterocycles. The highest BCUT2D eigenvalue weighted by molar-refractivity contribution is 9.10. The number of carbonyl (C=O) groups excluding carboxylic acids is 1. The molecule has 3 aromatic carbocycles. The van der Waals surface area contributed by atoms with E-state index in [-0.39, 0.29) is 5.91 Å². The third-order valence-electron chi connectivity index (χ3n) is 4.96. The quantitative estimate of drug-likeness (QED) is 0.221. The van der Waals surface area contributed by atoms with Crippen molar-refractivity contribution < 1.29 is 19.0 Å². The molecule has 0 spiro atoms. The van der Waals surface area contributed by atoms with Gasteiger partial charge in [0.1, 0.15) is 12.4 Å². The van der Waals surface area contributed by atoms with Gasteiger partial charge in [-0.05, 0) is 63.5 Å². The summed E-state index contributed by atoms with van der Waals surface area (Å²) in [5.74, 6) is 1.44. The molecule has 0 aromatic heterocycles. The zero-order valence-corrected chi connectivity index (χ0v) is 22.2. The molecular weight excluding hydrogens is 558 g/mol. The number of thioether (sulfide) groups is 1. The lowest BCUT2D eigenvalue weighted by atomic mass is 10.1. The van der Waals surface area contributed by atoms with E-state index < -0.39 is 0 Å². The lowest BCUT2D eigenvalue weighted by Gasteiger charge is -2.16. The Kier molecular flexibility index (Phi) is 7.83. The molecule has 3 aromatic rings. The highest BCUT2D eigenvalue weighted by Gasteiger charge is 2.33. The van der Waals surface area contributed by atoms with Crippen LogP contribution in [0.4, 0.5) is 5.69 Å². The van der Waals surface area contributed by atoms with E-state index in [4.69, 9.17) is 38.0 Å². The normalized spacial score (nSPS) is 14.6. The van der Waals surface area contributed by atoms with Crippen LogP contribution in [-0.4, -0.2) is 24.4 Å². The van der Waals surface area contributed by atoms with Gasteiger partial charge in [0.2, 0.25) is 0 Å². The fourth-order valence-electron chi connectivity index (χ4n) is 3.33. The number of nitrogens with zero attached hydrogens (tertiary/aromatic N) is 1. The second-order valence-electron chi connectivity index (χ2n) is 7.14. The predicted molar refractivity (Wildman–Crippen MR) is 145 cm³/mol. The summed E-state index contributed by atoms with van der Waals surface area (Å²) >= 11 is 16.5. The predicted octanol–water partition coefficient (Wildman–Crippen LogP) is 7.10. The molecule has 5 nitrogen and oxygen atoms in total. The molecule has 0 saturated carbocycles. The summed E-state index contributed by atoms with van der Waals surface area (Å²) in [5, 5.41) is 0.401. The summed E-state index contributed by atoms with van der Waals surface area (Å²) in [5.41, 5.74) is 2.40. The van der Waals surface area contributed by atoms with Crippen LogP contribution in [0.5, 0.6) is 17.2 Å². The van der Waals surface area contributed by atoms with Gasteiger partial charge in [-0.3, -0.25) is 9.69 Å². The smallest absolute Gasteiger partial charge is 0.270 e. The summed E-state index contributed by atoms with van der Waals surface area (Å²) in [6, 6.07) is 18.7. The van der Waals surface area contributed by atoms with Crippen molar-refractivity contribution in [3.05, 3.63) is 86.2 Å². The zero-order chi connectivity index (χ0) is 24.2. The van der Waals surface area contributed by atoms with Gasteiger partial charge in [-0.2, -0.15) is 0 Å². The molecule has 4 rings (SSSR count). The van der Waals surface area contributed by atoms with Crippen LogP contribution in [0, 0.1) is 0 Å². The fraction of sp³-hybridized carbons (Fsp3) is 0.120. The van der Waals surface area contributed by atoms with Crippen LogP contribution < -0.4 is 19.1 Å². The second-order valence-corrected chi connectivity index (χ2v) is 10.1. The minimum absolute atomic E-state index is 0.226. The van der Waals surface area contributed by atoms with Gasteiger partial charge in [0.05, 0.1) is 34.3 Å². The molecule has 0 aliphatic carbocycles. The van der Waals surface area contributed by atoms with Crippen LogP contribution in [0.25, 0.3) is 6.08 Å². The molecule has 174 valence electrons. The summed E-state index contributed by atoms with van der Waals surface area (Å²) in [6.07, 6.45) is 1.78. The van der Waals surface area contributed by atoms with Crippen molar-refractivity contribution in [2.24, 2.45) is 0 Å². The number of benzene rings is 3. The van der Waals surface area contributed by atoms with E-state index in [1.165, 1.54) is 23.8 Å². The molecule has 0 unspecified atom stereocenters. The molecule has 0 radical (unpaired) electrons. The zero-order valence-electron chi connectivity index (χ0n) is 18.2. The standard InChI is InChI=1S/C25H19BrClNO4S2/c1-30-20-9-8-17(13-19(20)27)28-24(29)22(34-25(28)33)12-16-10-18(26)23(21(11-16)31-2)32-14-15-6-4-3-5-7-15/h3-13H,14H2,1-2H3/b22-12+. The van der Waals surface area contributed by atoms with Gasteiger partial charge in [-0.1, -0.05) is 65.9 Å². The van der Waals surface area contributed by atoms with E-state index in [1.807, 2.05) is 42.5 Å². The number of rotatable bonds is 7. The number of thiocarbonyl (C=S) groups is 1. The van der Waals surface area contributed by atoms with Gasteiger partial charge >= 0.3 is 0 Å². The van der Waals surface area contributed by atoms with Gasteiger partial charge in [0, 0.05) is 0 Å². The van der Waals surface area contributed by atoms with Crippen molar-refractivity contribution in [3.63, 3.8) is 0 Å². The summed E-state index contributed by atoms with van der Waals surface area (Å²) in [6.45, 7) is 0.401. The first-order chi connectivity index (χ1) is 16.4. The second kappa shape index (κ2) is 10.8. The lowest BCUT2D eigenvalue weighted by Crippen LogP contribution is -2.27. The van der Waals surface area contributed by atoms with Gasteiger partial charge in [-0.15, -0.1) is 0 Å². The molecule has 1 aliphatic heterocycles. The van der Waals surface area contributed by atoms with Crippen molar-refractivity contribution in [2.75, 3.05) is 19.1 Å². The van der Waals surface area contributed by atoms with Crippen molar-refractivity contribution >= 4 is 73.5 Å². The first kappa shape index (κ1) is 24.6. The largest absolute Gasteiger partial charge is 0.495 e. The maximum absolute atomic E-state index is 13.2. The Morgan fingerprint density at radius 3 is 2.47 bits per heavy atom. The average Bonchev–Trinajstić information content (AvgIpc) is 3.11. The number of anilines is 1. The summed E-state index contributed by atoms with van der Waals surface area (Å²) in [7, 11) is 3.11. The molecule has 1 aliphatic rings. The van der Waals surface area contributed by atoms with Crippen LogP contribution in [0.2, 0.25) is 5.02 Å². The maximum atomic E-state index is 13.2. The molecule has 0 bridgehead atoms. The Morgan fingerprint density at radius 2 is 1.79 bits per heavy atom. The van der Waals surface area contributed by atoms with Gasteiger partial charge in [-0.25, -0.2) is 0 Å². The fourth-order valence-corrected chi connectivity index (χ4v) is 5.45. The molecule has 34 heavy (non-hydrogen) atoms. The van der Waals surface area contributed by atoms with E-state index in [9.17, 15) is 4.79 Å². The Labute approximate surface area is 220 Å². The maximum Gasteiger partial charge on any atom is 0.270 e. The minimum atomic E-state index is -0.226. The van der Waals surface area contributed by atoms with Crippen LogP contribution >= 0.6 is 51.5 Å². The molecular formula is C25H19BrClNO4S2. The summed E-state index contributed by atoms with van der Waals surface area (Å²) in [4.78, 5) is 15.1. The molecule has 1 saturated heterocycles. The van der Waals surface area contributed by atoms with Crippen molar-refractivity contribution in [1.82, 2.24) is 0 Å². The Hall–Kier alpha value is -2.52. The van der Waals surface area contributed by atoms with E-state index in [2.05, 4.69) is 15.9 Å². The number of carbonyl (C=O) groups is 1. The number of ether oxygens (including phenoxy) is 3. The Bertz CT molecular complexity index is 1280. The Balaban J connectivity index is 1.58. The average molecular weight is 577 g/mol. The minimum Gasteiger partial charge on any atom is -0.495 e. The highest BCUT2D eigenvalue weighted by atomic mass is 79.9. The van der Waals surface area contributed by atoms with Gasteiger partial charge in [0.15, 0.2) is 15.8 Å². The lowest BCUT2D eigenvalue weighted by molar-refractivity contribution is -0.113. The first-order valence-electron chi connectivity index (χ1n) is 10.1. The van der Waals surface area contributed by atoms with Crippen LogP contribution in [-0.2, 0) is 11.4 Å². The molecule has 0 N–H and O–H groups in total. The van der Waals surface area contributed by atoms with E-state index in [1.54, 1.807) is 31.4 Å². The number of hydrogen-bond donors (Lipinski definition) is 0. The van der Waals surface area contributed by atoms with E-state index >= 15 is 0 Å². The van der Waals surface area contributed by atoms with E-state index in [0.29, 0.717) is 48.3 Å². The number of halogens is 2. The first-order valence-corrected chi connectivity index (χ1v) is 12.5. The molecule has 1 fully saturated rings. The van der Waals surface area contributed by atoms with Crippen molar-refractivity contribution in [3.8, 4) is 17.2 Å². The van der Waals surface area contributed by atoms with Gasteiger partial charge in [0.25, 0.3) is 5.91 Å². The van der Waals surface area contributed by atoms with E-state index in [0.717, 1.165) is 11.1 Å². The van der Waals surface area contributed by atoms with Crippen LogP contribution in [0.1, 0.15) is 11.1 Å². The molecule has 0 atom stereocenters. The number of hydrogen-bond acceptors (Lipinski definition) is 6. The molecule has 1 amide bonds. The topological polar surface area (TPSA) is 48.0 Å². The van der Waals surface area contributed by atoms with Crippen molar-refractivity contribution in [1.29, 1.82) is 0 Å². The monoisotopic (exact) mass is 575 g/mol. The van der Waals surface area contributed by atoms with Gasteiger partial charge < -0.3 is 14.2 Å². The highest BCUT2D eigenvalue weighted by Crippen LogP contribution is 2.41. The third-order valence-corrected chi connectivity index (χ3v) is 7.15. The molecule has 9 heteroatoms.